The zero-order chi connectivity index (χ0) is 13.0. The highest BCUT2D eigenvalue weighted by atomic mass is 79.9. The van der Waals surface area contributed by atoms with Crippen LogP contribution in [0.25, 0.3) is 11.5 Å². The molecule has 1 heterocycles. The van der Waals surface area contributed by atoms with Crippen LogP contribution in [0.5, 0.6) is 0 Å². The first-order valence-electron chi connectivity index (χ1n) is 6.12. The molecule has 1 aromatic carbocycles. The molecule has 0 bridgehead atoms. The second kappa shape index (κ2) is 6.16. The first kappa shape index (κ1) is 13.3. The molecule has 2 rings (SSSR count). The van der Waals surface area contributed by atoms with Gasteiger partial charge in [0.05, 0.1) is 11.3 Å². The van der Waals surface area contributed by atoms with Crippen LogP contribution in [-0.4, -0.2) is 11.5 Å². The van der Waals surface area contributed by atoms with Gasteiger partial charge in [0.25, 0.3) is 0 Å². The van der Waals surface area contributed by atoms with Gasteiger partial charge in [-0.1, -0.05) is 18.6 Å². The number of hydrogen-bond donors (Lipinski definition) is 1. The topological polar surface area (TPSA) is 38.1 Å². The third-order valence-electron chi connectivity index (χ3n) is 2.64. The molecular formula is C14H17BrN2O. The van der Waals surface area contributed by atoms with Crippen molar-refractivity contribution in [3.05, 3.63) is 40.2 Å². The Morgan fingerprint density at radius 2 is 2.22 bits per heavy atom. The van der Waals surface area contributed by atoms with E-state index in [1.165, 1.54) is 5.56 Å². The third-order valence-corrected chi connectivity index (χ3v) is 3.33. The lowest BCUT2D eigenvalue weighted by atomic mass is 10.1. The first-order chi connectivity index (χ1) is 8.70. The fraction of sp³-hybridized carbons (Fsp3) is 0.357. The van der Waals surface area contributed by atoms with Crippen LogP contribution in [0, 0.1) is 6.92 Å². The molecule has 0 radical (unpaired) electrons. The van der Waals surface area contributed by atoms with Crippen molar-refractivity contribution in [2.45, 2.75) is 26.8 Å². The van der Waals surface area contributed by atoms with Crippen molar-refractivity contribution < 1.29 is 4.42 Å². The number of hydrogen-bond acceptors (Lipinski definition) is 3. The minimum Gasteiger partial charge on any atom is -0.444 e. The number of nitrogens with zero attached hydrogens (tertiary/aromatic N) is 1. The molecule has 0 atom stereocenters. The molecule has 3 nitrogen and oxygen atoms in total. The predicted octanol–water partition coefficient (Wildman–Crippen LogP) is 3.91. The summed E-state index contributed by atoms with van der Waals surface area (Å²) in [6, 6.07) is 6.14. The number of nitrogens with one attached hydrogen (secondary N) is 1. The molecule has 1 aromatic heterocycles. The molecule has 4 heteroatoms. The lowest BCUT2D eigenvalue weighted by Gasteiger charge is -2.01. The standard InChI is InChI=1S/C14H17BrN2O/c1-3-6-16-8-11-9-18-14(17-11)12-7-10(2)4-5-13(12)15/h4-5,7,9,16H,3,6,8H2,1-2H3. The van der Waals surface area contributed by atoms with Crippen LogP contribution in [-0.2, 0) is 6.54 Å². The van der Waals surface area contributed by atoms with E-state index in [4.69, 9.17) is 4.42 Å². The molecule has 0 saturated carbocycles. The lowest BCUT2D eigenvalue weighted by molar-refractivity contribution is 0.569. The van der Waals surface area contributed by atoms with Crippen LogP contribution >= 0.6 is 15.9 Å². The van der Waals surface area contributed by atoms with Crippen LogP contribution in [0.3, 0.4) is 0 Å². The van der Waals surface area contributed by atoms with E-state index in [-0.39, 0.29) is 0 Å². The third kappa shape index (κ3) is 3.21. The number of halogens is 1. The molecule has 1 N–H and O–H groups in total. The van der Waals surface area contributed by atoms with E-state index >= 15 is 0 Å². The van der Waals surface area contributed by atoms with E-state index in [1.54, 1.807) is 6.26 Å². The minimum absolute atomic E-state index is 0.666. The van der Waals surface area contributed by atoms with E-state index in [1.807, 2.05) is 6.07 Å². The maximum absolute atomic E-state index is 5.54. The number of oxazole rings is 1. The van der Waals surface area contributed by atoms with Crippen molar-refractivity contribution >= 4 is 15.9 Å². The predicted molar refractivity (Wildman–Crippen MR) is 76.4 cm³/mol. The zero-order valence-corrected chi connectivity index (χ0v) is 12.3. The van der Waals surface area contributed by atoms with Gasteiger partial charge in [0, 0.05) is 11.0 Å². The fourth-order valence-corrected chi connectivity index (χ4v) is 2.12. The average Bonchev–Trinajstić information content (AvgIpc) is 2.81. The molecule has 0 aliphatic heterocycles. The van der Waals surface area contributed by atoms with E-state index in [0.717, 1.165) is 35.2 Å². The van der Waals surface area contributed by atoms with Gasteiger partial charge in [-0.05, 0) is 48.0 Å². The monoisotopic (exact) mass is 308 g/mol. The Balaban J connectivity index is 2.16. The van der Waals surface area contributed by atoms with Crippen LogP contribution < -0.4 is 5.32 Å². The molecule has 2 aromatic rings. The van der Waals surface area contributed by atoms with Crippen LogP contribution in [0.15, 0.2) is 33.4 Å². The first-order valence-corrected chi connectivity index (χ1v) is 6.91. The number of aromatic nitrogens is 1. The van der Waals surface area contributed by atoms with Crippen LogP contribution in [0.1, 0.15) is 24.6 Å². The van der Waals surface area contributed by atoms with Gasteiger partial charge in [-0.3, -0.25) is 0 Å². The van der Waals surface area contributed by atoms with Gasteiger partial charge >= 0.3 is 0 Å². The molecule has 0 unspecified atom stereocenters. The van der Waals surface area contributed by atoms with Crippen molar-refractivity contribution in [1.29, 1.82) is 0 Å². The highest BCUT2D eigenvalue weighted by Crippen LogP contribution is 2.28. The Hall–Kier alpha value is -1.13. The van der Waals surface area contributed by atoms with Crippen molar-refractivity contribution in [2.24, 2.45) is 0 Å². The number of benzene rings is 1. The smallest absolute Gasteiger partial charge is 0.227 e. The summed E-state index contributed by atoms with van der Waals surface area (Å²) in [4.78, 5) is 4.50. The summed E-state index contributed by atoms with van der Waals surface area (Å²) in [5, 5.41) is 3.31. The quantitative estimate of drug-likeness (QED) is 0.851. The van der Waals surface area contributed by atoms with Gasteiger partial charge in [-0.25, -0.2) is 4.98 Å². The average molecular weight is 309 g/mol. The number of rotatable bonds is 5. The van der Waals surface area contributed by atoms with Crippen LogP contribution in [0.4, 0.5) is 0 Å². The zero-order valence-electron chi connectivity index (χ0n) is 10.7. The van der Waals surface area contributed by atoms with Gasteiger partial charge in [-0.2, -0.15) is 0 Å². The molecule has 0 fully saturated rings. The van der Waals surface area contributed by atoms with E-state index in [9.17, 15) is 0 Å². The highest BCUT2D eigenvalue weighted by Gasteiger charge is 2.10. The summed E-state index contributed by atoms with van der Waals surface area (Å²) in [6.45, 7) is 5.95. The molecule has 0 spiro atoms. The second-order valence-corrected chi connectivity index (χ2v) is 5.16. The molecular weight excluding hydrogens is 292 g/mol. The Labute approximate surface area is 116 Å². The van der Waals surface area contributed by atoms with Gasteiger partial charge in [0.2, 0.25) is 5.89 Å². The summed E-state index contributed by atoms with van der Waals surface area (Å²) in [6.07, 6.45) is 2.83. The van der Waals surface area contributed by atoms with Crippen molar-refractivity contribution in [1.82, 2.24) is 10.3 Å². The Bertz CT molecular complexity index is 522. The van der Waals surface area contributed by atoms with Gasteiger partial charge in [0.15, 0.2) is 0 Å². The minimum atomic E-state index is 0.666. The molecule has 0 aliphatic rings. The molecule has 0 saturated heterocycles. The Morgan fingerprint density at radius 1 is 1.39 bits per heavy atom. The fourth-order valence-electron chi connectivity index (χ4n) is 1.71. The van der Waals surface area contributed by atoms with Crippen molar-refractivity contribution in [3.8, 4) is 11.5 Å². The van der Waals surface area contributed by atoms with Gasteiger partial charge in [-0.15, -0.1) is 0 Å². The molecule has 0 amide bonds. The normalized spacial score (nSPS) is 10.8. The van der Waals surface area contributed by atoms with E-state index in [2.05, 4.69) is 52.2 Å². The largest absolute Gasteiger partial charge is 0.444 e. The summed E-state index contributed by atoms with van der Waals surface area (Å²) >= 11 is 3.52. The van der Waals surface area contributed by atoms with Gasteiger partial charge in [0.1, 0.15) is 6.26 Å². The molecule has 18 heavy (non-hydrogen) atoms. The maximum Gasteiger partial charge on any atom is 0.227 e. The molecule has 96 valence electrons. The number of aryl methyl sites for hydroxylation is 1. The second-order valence-electron chi connectivity index (χ2n) is 4.30. The highest BCUT2D eigenvalue weighted by molar-refractivity contribution is 9.10. The summed E-state index contributed by atoms with van der Waals surface area (Å²) in [5.74, 6) is 0.666. The van der Waals surface area contributed by atoms with Crippen molar-refractivity contribution in [3.63, 3.8) is 0 Å². The SMILES string of the molecule is CCCNCc1coc(-c2cc(C)ccc2Br)n1. The summed E-state index contributed by atoms with van der Waals surface area (Å²) in [7, 11) is 0. The Morgan fingerprint density at radius 3 is 3.00 bits per heavy atom. The van der Waals surface area contributed by atoms with Gasteiger partial charge < -0.3 is 9.73 Å². The van der Waals surface area contributed by atoms with E-state index in [0.29, 0.717) is 5.89 Å². The van der Waals surface area contributed by atoms with Crippen LogP contribution in [0.2, 0.25) is 0 Å². The van der Waals surface area contributed by atoms with Crippen molar-refractivity contribution in [2.75, 3.05) is 6.54 Å². The summed E-state index contributed by atoms with van der Waals surface area (Å²) in [5.41, 5.74) is 3.13. The summed E-state index contributed by atoms with van der Waals surface area (Å²) < 4.78 is 6.54. The Kier molecular flexibility index (Phi) is 4.55. The molecule has 0 aliphatic carbocycles. The maximum atomic E-state index is 5.54. The van der Waals surface area contributed by atoms with E-state index < -0.39 is 0 Å². The lowest BCUT2D eigenvalue weighted by Crippen LogP contribution is -2.13.